The Morgan fingerprint density at radius 2 is 1.03 bits per heavy atom. The smallest absolute Gasteiger partial charge is 0.228 e. The van der Waals surface area contributed by atoms with Crippen molar-refractivity contribution in [2.24, 2.45) is 22.7 Å². The zero-order valence-electron chi connectivity index (χ0n) is 18.2. The largest absolute Gasteiger partial charge is 0.326 e. The molecule has 2 aromatic rings. The topological polar surface area (TPSA) is 58.2 Å². The molecule has 30 heavy (non-hydrogen) atoms. The Labute approximate surface area is 178 Å². The summed E-state index contributed by atoms with van der Waals surface area (Å²) in [5.74, 6) is 0.409. The average molecular weight is 403 g/mol. The van der Waals surface area contributed by atoms with E-state index in [1.54, 1.807) is 0 Å². The second-order valence-corrected chi connectivity index (χ2v) is 10.1. The van der Waals surface area contributed by atoms with Crippen LogP contribution in [0.15, 0.2) is 55.1 Å². The Balaban J connectivity index is 1.36. The number of hydrogen-bond acceptors (Lipinski definition) is 2. The van der Waals surface area contributed by atoms with Gasteiger partial charge >= 0.3 is 0 Å². The minimum Gasteiger partial charge on any atom is -0.326 e. The van der Waals surface area contributed by atoms with Gasteiger partial charge in [0, 0.05) is 23.2 Å². The highest BCUT2D eigenvalue weighted by Gasteiger charge is 2.51. The molecule has 0 spiro atoms. The number of anilines is 2. The van der Waals surface area contributed by atoms with Crippen LogP contribution in [0.25, 0.3) is 5.57 Å². The number of rotatable bonds is 6. The monoisotopic (exact) mass is 402 g/mol. The van der Waals surface area contributed by atoms with Gasteiger partial charge in [-0.2, -0.15) is 0 Å². The number of carbonyl (C=O) groups excluding carboxylic acids is 2. The number of nitrogens with one attached hydrogen (secondary N) is 2. The lowest BCUT2D eigenvalue weighted by molar-refractivity contribution is -0.118. The predicted molar refractivity (Wildman–Crippen MR) is 122 cm³/mol. The molecule has 4 rings (SSSR count). The SMILES string of the molecule is C=C(c1ccc(NC(=O)C2CC2(C)C)cc1)c1ccc(NC(=O)C2CC2(C)C)cc1. The molecule has 2 aliphatic rings. The predicted octanol–water partition coefficient (Wildman–Crippen LogP) is 5.72. The summed E-state index contributed by atoms with van der Waals surface area (Å²) in [4.78, 5) is 24.5. The number of benzene rings is 2. The highest BCUT2D eigenvalue weighted by Crippen LogP contribution is 2.52. The summed E-state index contributed by atoms with van der Waals surface area (Å²) in [6.07, 6.45) is 1.89. The third-order valence-electron chi connectivity index (χ3n) is 6.66. The first-order valence-electron chi connectivity index (χ1n) is 10.6. The Morgan fingerprint density at radius 1 is 0.733 bits per heavy atom. The first kappa shape index (κ1) is 20.4. The molecule has 2 unspecified atom stereocenters. The quantitative estimate of drug-likeness (QED) is 0.649. The van der Waals surface area contributed by atoms with Crippen LogP contribution in [0, 0.1) is 22.7 Å². The van der Waals surface area contributed by atoms with Crippen molar-refractivity contribution >= 4 is 28.8 Å². The van der Waals surface area contributed by atoms with E-state index in [0.29, 0.717) is 0 Å². The van der Waals surface area contributed by atoms with Crippen LogP contribution in [0.5, 0.6) is 0 Å². The molecule has 4 heteroatoms. The van der Waals surface area contributed by atoms with Crippen molar-refractivity contribution in [3.63, 3.8) is 0 Å². The van der Waals surface area contributed by atoms with Crippen LogP contribution in [-0.4, -0.2) is 11.8 Å². The Hall–Kier alpha value is -2.88. The van der Waals surface area contributed by atoms with E-state index in [4.69, 9.17) is 0 Å². The fourth-order valence-corrected chi connectivity index (χ4v) is 3.96. The highest BCUT2D eigenvalue weighted by atomic mass is 16.2. The van der Waals surface area contributed by atoms with Gasteiger partial charge in [0.2, 0.25) is 11.8 Å². The highest BCUT2D eigenvalue weighted by molar-refractivity contribution is 5.96. The van der Waals surface area contributed by atoms with E-state index in [2.05, 4.69) is 44.9 Å². The van der Waals surface area contributed by atoms with Crippen LogP contribution in [0.4, 0.5) is 11.4 Å². The molecule has 0 bridgehead atoms. The van der Waals surface area contributed by atoms with Crippen LogP contribution >= 0.6 is 0 Å². The van der Waals surface area contributed by atoms with E-state index < -0.39 is 0 Å². The molecule has 4 nitrogen and oxygen atoms in total. The lowest BCUT2D eigenvalue weighted by atomic mass is 9.99. The average Bonchev–Trinajstić information content (AvgIpc) is 3.55. The first-order chi connectivity index (χ1) is 14.1. The molecule has 2 atom stereocenters. The van der Waals surface area contributed by atoms with E-state index in [9.17, 15) is 9.59 Å². The zero-order valence-corrected chi connectivity index (χ0v) is 18.2. The van der Waals surface area contributed by atoms with Crippen molar-refractivity contribution < 1.29 is 9.59 Å². The molecule has 2 aliphatic carbocycles. The molecular formula is C26H30N2O2. The molecule has 0 aliphatic heterocycles. The maximum absolute atomic E-state index is 12.3. The van der Waals surface area contributed by atoms with Gasteiger partial charge in [-0.15, -0.1) is 0 Å². The Morgan fingerprint density at radius 3 is 1.30 bits per heavy atom. The van der Waals surface area contributed by atoms with Gasteiger partial charge < -0.3 is 10.6 Å². The van der Waals surface area contributed by atoms with Crippen molar-refractivity contribution in [2.75, 3.05) is 10.6 Å². The van der Waals surface area contributed by atoms with Gasteiger partial charge in [0.25, 0.3) is 0 Å². The molecule has 2 aromatic carbocycles. The summed E-state index contributed by atoms with van der Waals surface area (Å²) in [6.45, 7) is 12.7. The maximum Gasteiger partial charge on any atom is 0.228 e. The van der Waals surface area contributed by atoms with Crippen LogP contribution in [0.3, 0.4) is 0 Å². The molecule has 156 valence electrons. The fraction of sp³-hybridized carbons (Fsp3) is 0.385. The van der Waals surface area contributed by atoms with Crippen molar-refractivity contribution in [2.45, 2.75) is 40.5 Å². The summed E-state index contributed by atoms with van der Waals surface area (Å²) in [5.41, 5.74) is 4.75. The summed E-state index contributed by atoms with van der Waals surface area (Å²) < 4.78 is 0. The van der Waals surface area contributed by atoms with Gasteiger partial charge in [-0.05, 0) is 64.6 Å². The van der Waals surface area contributed by atoms with Gasteiger partial charge in [0.15, 0.2) is 0 Å². The van der Waals surface area contributed by atoms with Gasteiger partial charge in [0.1, 0.15) is 0 Å². The van der Waals surface area contributed by atoms with E-state index in [-0.39, 0.29) is 34.5 Å². The molecule has 0 radical (unpaired) electrons. The maximum atomic E-state index is 12.3. The van der Waals surface area contributed by atoms with Gasteiger partial charge in [-0.1, -0.05) is 58.5 Å². The molecule has 2 fully saturated rings. The molecule has 2 saturated carbocycles. The number of amides is 2. The molecule has 2 N–H and O–H groups in total. The van der Waals surface area contributed by atoms with Crippen molar-refractivity contribution in [3.05, 3.63) is 66.2 Å². The van der Waals surface area contributed by atoms with Crippen LogP contribution in [-0.2, 0) is 9.59 Å². The summed E-state index contributed by atoms with van der Waals surface area (Å²) >= 11 is 0. The molecule has 2 amide bonds. The standard InChI is InChI=1S/C26H30N2O2/c1-16(17-6-10-19(11-7-17)27-23(29)21-14-25(21,2)3)18-8-12-20(13-9-18)28-24(30)22-15-26(22,4)5/h6-13,21-22H,1,14-15H2,2-5H3,(H,27,29)(H,28,30). The van der Waals surface area contributed by atoms with Crippen molar-refractivity contribution in [3.8, 4) is 0 Å². The van der Waals surface area contributed by atoms with Crippen LogP contribution in [0.2, 0.25) is 0 Å². The van der Waals surface area contributed by atoms with E-state index >= 15 is 0 Å². The van der Waals surface area contributed by atoms with Gasteiger partial charge in [-0.25, -0.2) is 0 Å². The Kier molecular flexibility index (Phi) is 4.84. The third kappa shape index (κ3) is 4.18. The van der Waals surface area contributed by atoms with E-state index in [1.165, 1.54) is 0 Å². The van der Waals surface area contributed by atoms with Gasteiger partial charge in [-0.3, -0.25) is 9.59 Å². The number of carbonyl (C=O) groups is 2. The zero-order chi connectivity index (χ0) is 21.7. The summed E-state index contributed by atoms with van der Waals surface area (Å²) in [7, 11) is 0. The lowest BCUT2D eigenvalue weighted by Gasteiger charge is -2.11. The summed E-state index contributed by atoms with van der Waals surface area (Å²) in [6, 6.07) is 15.6. The second-order valence-electron chi connectivity index (χ2n) is 10.1. The number of hydrogen-bond donors (Lipinski definition) is 2. The van der Waals surface area contributed by atoms with E-state index in [1.807, 2.05) is 48.5 Å². The lowest BCUT2D eigenvalue weighted by Crippen LogP contribution is -2.16. The van der Waals surface area contributed by atoms with Crippen molar-refractivity contribution in [1.29, 1.82) is 0 Å². The Bertz CT molecular complexity index is 919. The van der Waals surface area contributed by atoms with Crippen LogP contribution < -0.4 is 10.6 Å². The summed E-state index contributed by atoms with van der Waals surface area (Å²) in [5, 5.41) is 6.00. The molecule has 0 aromatic heterocycles. The van der Waals surface area contributed by atoms with Gasteiger partial charge in [0.05, 0.1) is 0 Å². The minimum atomic E-state index is 0.0961. The normalized spacial score (nSPS) is 22.7. The minimum absolute atomic E-state index is 0.0961. The first-order valence-corrected chi connectivity index (χ1v) is 10.6. The van der Waals surface area contributed by atoms with Crippen LogP contribution in [0.1, 0.15) is 51.7 Å². The molecule has 0 saturated heterocycles. The fourth-order valence-electron chi connectivity index (χ4n) is 3.96. The molecule has 0 heterocycles. The second kappa shape index (κ2) is 7.12. The van der Waals surface area contributed by atoms with E-state index in [0.717, 1.165) is 40.9 Å². The molecular weight excluding hydrogens is 372 g/mol. The third-order valence-corrected chi connectivity index (χ3v) is 6.66. The van der Waals surface area contributed by atoms with Crippen molar-refractivity contribution in [1.82, 2.24) is 0 Å².